The van der Waals surface area contributed by atoms with Gasteiger partial charge in [0.05, 0.1) is 13.2 Å². The van der Waals surface area contributed by atoms with Crippen LogP contribution in [-0.2, 0) is 17.8 Å². The van der Waals surface area contributed by atoms with Crippen molar-refractivity contribution < 1.29 is 9.84 Å². The molecule has 2 aliphatic heterocycles. The second-order valence-corrected chi connectivity index (χ2v) is 8.72. The summed E-state index contributed by atoms with van der Waals surface area (Å²) in [6.07, 6.45) is 1.74. The maximum atomic E-state index is 9.42. The zero-order valence-corrected chi connectivity index (χ0v) is 18.7. The van der Waals surface area contributed by atoms with Crippen LogP contribution in [0.4, 0.5) is 0 Å². The van der Waals surface area contributed by atoms with E-state index in [1.807, 2.05) is 0 Å². The summed E-state index contributed by atoms with van der Waals surface area (Å²) in [6, 6.07) is 8.85. The Bertz CT molecular complexity index is 650. The molecule has 0 aromatic heterocycles. The van der Waals surface area contributed by atoms with Gasteiger partial charge in [-0.1, -0.05) is 24.3 Å². The number of aliphatic hydroxyl groups excluding tert-OH is 1. The summed E-state index contributed by atoms with van der Waals surface area (Å²) < 4.78 is 5.59. The second kappa shape index (κ2) is 11.6. The van der Waals surface area contributed by atoms with E-state index in [0.717, 1.165) is 71.2 Å². The summed E-state index contributed by atoms with van der Waals surface area (Å²) >= 11 is 0. The van der Waals surface area contributed by atoms with Gasteiger partial charge < -0.3 is 25.4 Å². The average molecular weight is 418 g/mol. The Morgan fingerprint density at radius 1 is 1.13 bits per heavy atom. The number of aliphatic hydroxyl groups is 1. The van der Waals surface area contributed by atoms with Crippen molar-refractivity contribution in [2.45, 2.75) is 32.9 Å². The zero-order chi connectivity index (χ0) is 21.2. The normalized spacial score (nSPS) is 23.6. The van der Waals surface area contributed by atoms with E-state index in [9.17, 15) is 5.11 Å². The monoisotopic (exact) mass is 417 g/mol. The first-order valence-corrected chi connectivity index (χ1v) is 11.3. The van der Waals surface area contributed by atoms with Crippen LogP contribution in [0.3, 0.4) is 0 Å². The minimum Gasteiger partial charge on any atom is -0.396 e. The standard InChI is InChI=1S/C23H39N5O2/c1-3-24-22(26-18-23(8-14-29)9-15-30-19-23)25-16-20-4-6-21(7-5-20)17-28-12-10-27(2)11-13-28/h4-7,29H,3,8-19H2,1-2H3,(H2,24,25,26). The van der Waals surface area contributed by atoms with E-state index >= 15 is 0 Å². The number of rotatable bonds is 9. The van der Waals surface area contributed by atoms with Crippen LogP contribution < -0.4 is 10.6 Å². The molecule has 2 saturated heterocycles. The van der Waals surface area contributed by atoms with Gasteiger partial charge in [0.25, 0.3) is 0 Å². The lowest BCUT2D eigenvalue weighted by Gasteiger charge is -2.32. The third kappa shape index (κ3) is 6.94. The average Bonchev–Trinajstić information content (AvgIpc) is 3.22. The molecule has 0 spiro atoms. The zero-order valence-electron chi connectivity index (χ0n) is 18.7. The van der Waals surface area contributed by atoms with E-state index in [4.69, 9.17) is 9.73 Å². The summed E-state index contributed by atoms with van der Waals surface area (Å²) in [5.74, 6) is 0.822. The van der Waals surface area contributed by atoms with Gasteiger partial charge in [0.1, 0.15) is 0 Å². The lowest BCUT2D eigenvalue weighted by molar-refractivity contribution is 0.127. The highest BCUT2D eigenvalue weighted by molar-refractivity contribution is 5.79. The quantitative estimate of drug-likeness (QED) is 0.415. The number of guanidine groups is 1. The first-order valence-electron chi connectivity index (χ1n) is 11.3. The topological polar surface area (TPSA) is 72.4 Å². The molecule has 168 valence electrons. The molecular formula is C23H39N5O2. The molecule has 0 amide bonds. The molecule has 3 rings (SSSR count). The van der Waals surface area contributed by atoms with Gasteiger partial charge in [0.2, 0.25) is 0 Å². The molecule has 1 aromatic carbocycles. The second-order valence-electron chi connectivity index (χ2n) is 8.72. The minimum absolute atomic E-state index is 0.00977. The van der Waals surface area contributed by atoms with E-state index in [1.165, 1.54) is 11.1 Å². The van der Waals surface area contributed by atoms with Crippen LogP contribution in [0.25, 0.3) is 0 Å². The van der Waals surface area contributed by atoms with E-state index in [0.29, 0.717) is 13.2 Å². The third-order valence-corrected chi connectivity index (χ3v) is 6.25. The van der Waals surface area contributed by atoms with Crippen LogP contribution in [0, 0.1) is 5.41 Å². The highest BCUT2D eigenvalue weighted by atomic mass is 16.5. The molecule has 3 N–H and O–H groups in total. The maximum absolute atomic E-state index is 9.42. The van der Waals surface area contributed by atoms with Crippen molar-refractivity contribution in [3.63, 3.8) is 0 Å². The van der Waals surface area contributed by atoms with Crippen LogP contribution in [0.15, 0.2) is 29.3 Å². The van der Waals surface area contributed by atoms with Gasteiger partial charge in [-0.2, -0.15) is 0 Å². The van der Waals surface area contributed by atoms with Crippen molar-refractivity contribution in [1.29, 1.82) is 0 Å². The number of aliphatic imine (C=N–C) groups is 1. The summed E-state index contributed by atoms with van der Waals surface area (Å²) in [6.45, 7) is 11.6. The third-order valence-electron chi connectivity index (χ3n) is 6.25. The fourth-order valence-corrected chi connectivity index (χ4v) is 4.11. The summed E-state index contributed by atoms with van der Waals surface area (Å²) in [5, 5.41) is 16.2. The van der Waals surface area contributed by atoms with Crippen molar-refractivity contribution in [2.75, 3.05) is 66.1 Å². The summed E-state index contributed by atoms with van der Waals surface area (Å²) in [4.78, 5) is 9.68. The number of hydrogen-bond donors (Lipinski definition) is 3. The van der Waals surface area contributed by atoms with Crippen LogP contribution in [0.5, 0.6) is 0 Å². The Morgan fingerprint density at radius 2 is 1.87 bits per heavy atom. The molecule has 30 heavy (non-hydrogen) atoms. The fraction of sp³-hybridized carbons (Fsp3) is 0.696. The van der Waals surface area contributed by atoms with E-state index in [-0.39, 0.29) is 12.0 Å². The first-order chi connectivity index (χ1) is 14.6. The van der Waals surface area contributed by atoms with Gasteiger partial charge in [-0.05, 0) is 37.9 Å². The predicted molar refractivity (Wildman–Crippen MR) is 122 cm³/mol. The number of benzene rings is 1. The Morgan fingerprint density at radius 3 is 2.50 bits per heavy atom. The Kier molecular flexibility index (Phi) is 8.93. The van der Waals surface area contributed by atoms with E-state index in [2.05, 4.69) is 58.7 Å². The van der Waals surface area contributed by atoms with Crippen LogP contribution in [-0.4, -0.2) is 87.0 Å². The van der Waals surface area contributed by atoms with Crippen LogP contribution in [0.2, 0.25) is 0 Å². The number of nitrogens with one attached hydrogen (secondary N) is 2. The molecule has 0 aliphatic carbocycles. The van der Waals surface area contributed by atoms with Crippen molar-refractivity contribution in [2.24, 2.45) is 10.4 Å². The molecule has 2 aliphatic rings. The Balaban J connectivity index is 1.51. The molecular weight excluding hydrogens is 378 g/mol. The van der Waals surface area contributed by atoms with Crippen molar-refractivity contribution in [3.8, 4) is 0 Å². The van der Waals surface area contributed by atoms with Crippen molar-refractivity contribution >= 4 is 5.96 Å². The molecule has 1 atom stereocenters. The molecule has 7 nitrogen and oxygen atoms in total. The first kappa shape index (κ1) is 23.0. The smallest absolute Gasteiger partial charge is 0.191 e. The fourth-order valence-electron chi connectivity index (χ4n) is 4.11. The molecule has 1 aromatic rings. The number of hydrogen-bond acceptors (Lipinski definition) is 5. The van der Waals surface area contributed by atoms with Crippen LogP contribution in [0.1, 0.15) is 30.9 Å². The minimum atomic E-state index is 0.00977. The molecule has 0 saturated carbocycles. The predicted octanol–water partition coefficient (Wildman–Crippen LogP) is 1.28. The number of piperazine rings is 1. The highest BCUT2D eigenvalue weighted by Crippen LogP contribution is 2.31. The lowest BCUT2D eigenvalue weighted by Crippen LogP contribution is -2.44. The van der Waals surface area contributed by atoms with Gasteiger partial charge in [-0.25, -0.2) is 4.99 Å². The number of ether oxygens (including phenoxy) is 1. The van der Waals surface area contributed by atoms with Crippen molar-refractivity contribution in [3.05, 3.63) is 35.4 Å². The molecule has 2 fully saturated rings. The van der Waals surface area contributed by atoms with Crippen molar-refractivity contribution in [1.82, 2.24) is 20.4 Å². The number of likely N-dealkylation sites (N-methyl/N-ethyl adjacent to an activating group) is 1. The van der Waals surface area contributed by atoms with E-state index < -0.39 is 0 Å². The van der Waals surface area contributed by atoms with Gasteiger partial charge in [0.15, 0.2) is 5.96 Å². The molecule has 2 heterocycles. The number of nitrogens with zero attached hydrogens (tertiary/aromatic N) is 3. The van der Waals surface area contributed by atoms with Gasteiger partial charge in [0, 0.05) is 64.4 Å². The molecule has 0 radical (unpaired) electrons. The summed E-state index contributed by atoms with van der Waals surface area (Å²) in [7, 11) is 2.19. The highest BCUT2D eigenvalue weighted by Gasteiger charge is 2.34. The molecule has 1 unspecified atom stereocenters. The van der Waals surface area contributed by atoms with Gasteiger partial charge >= 0.3 is 0 Å². The Hall–Kier alpha value is -1.67. The summed E-state index contributed by atoms with van der Waals surface area (Å²) in [5.41, 5.74) is 2.59. The van der Waals surface area contributed by atoms with Crippen LogP contribution >= 0.6 is 0 Å². The lowest BCUT2D eigenvalue weighted by atomic mass is 9.84. The Labute approximate surface area is 181 Å². The molecule has 0 bridgehead atoms. The van der Waals surface area contributed by atoms with Gasteiger partial charge in [-0.3, -0.25) is 4.90 Å². The largest absolute Gasteiger partial charge is 0.396 e. The maximum Gasteiger partial charge on any atom is 0.191 e. The molecule has 7 heteroatoms. The SMILES string of the molecule is CCNC(=NCc1ccc(CN2CCN(C)CC2)cc1)NCC1(CCO)CCOC1. The van der Waals surface area contributed by atoms with E-state index in [1.54, 1.807) is 0 Å². The van der Waals surface area contributed by atoms with Gasteiger partial charge in [-0.15, -0.1) is 0 Å².